The van der Waals surface area contributed by atoms with Crippen LogP contribution in [0, 0.1) is 10.5 Å². The van der Waals surface area contributed by atoms with Crippen molar-refractivity contribution < 1.29 is 18.8 Å². The van der Waals surface area contributed by atoms with E-state index in [4.69, 9.17) is 14.0 Å². The van der Waals surface area contributed by atoms with Crippen molar-refractivity contribution in [1.82, 2.24) is 9.80 Å². The molecule has 0 saturated carbocycles. The summed E-state index contributed by atoms with van der Waals surface area (Å²) in [6.07, 6.45) is -0.222. The molecule has 2 fully saturated rings. The third kappa shape index (κ3) is 5.75. The van der Waals surface area contributed by atoms with Gasteiger partial charge in [0, 0.05) is 36.3 Å². The summed E-state index contributed by atoms with van der Waals surface area (Å²) < 4.78 is 19.3. The summed E-state index contributed by atoms with van der Waals surface area (Å²) in [6.45, 7) is 20.1. The minimum Gasteiger partial charge on any atom is -0.444 e. The molecule has 0 bridgehead atoms. The molecule has 2 heterocycles. The molecule has 2 aliphatic heterocycles. The van der Waals surface area contributed by atoms with E-state index in [1.54, 1.807) is 4.90 Å². The van der Waals surface area contributed by atoms with E-state index in [0.29, 0.717) is 13.1 Å². The summed E-state index contributed by atoms with van der Waals surface area (Å²) in [5, 5.41) is 0. The van der Waals surface area contributed by atoms with E-state index >= 15 is 0 Å². The number of carbonyl (C=O) groups excluding carboxylic acids is 1. The first-order valence-electron chi connectivity index (χ1n) is 11.0. The van der Waals surface area contributed by atoms with Gasteiger partial charge in [0.2, 0.25) is 0 Å². The van der Waals surface area contributed by atoms with Gasteiger partial charge in [-0.2, -0.15) is 0 Å². The van der Waals surface area contributed by atoms with Crippen molar-refractivity contribution in [3.05, 3.63) is 26.8 Å². The summed E-state index contributed by atoms with van der Waals surface area (Å²) >= 11 is 2.37. The SMILES string of the molecule is Cc1c(CN2CCN(C(=O)OC(C)(C)C)CC2)cc(I)cc1B1OC(C)(C)C(C)(C)O1. The first kappa shape index (κ1) is 24.8. The minimum absolute atomic E-state index is 0.222. The molecule has 1 aromatic carbocycles. The Morgan fingerprint density at radius 3 is 2.16 bits per heavy atom. The fraction of sp³-hybridized carbons (Fsp3) is 0.696. The Morgan fingerprint density at radius 1 is 1.10 bits per heavy atom. The lowest BCUT2D eigenvalue weighted by Gasteiger charge is -2.36. The van der Waals surface area contributed by atoms with Gasteiger partial charge >= 0.3 is 13.2 Å². The van der Waals surface area contributed by atoms with Gasteiger partial charge in [-0.15, -0.1) is 0 Å². The molecule has 0 spiro atoms. The monoisotopic (exact) mass is 542 g/mol. The molecule has 3 rings (SSSR count). The van der Waals surface area contributed by atoms with E-state index in [2.05, 4.69) is 74.2 Å². The Morgan fingerprint density at radius 2 is 1.65 bits per heavy atom. The lowest BCUT2D eigenvalue weighted by Crippen LogP contribution is -2.49. The summed E-state index contributed by atoms with van der Waals surface area (Å²) in [4.78, 5) is 16.5. The molecule has 31 heavy (non-hydrogen) atoms. The normalized spacial score (nSPS) is 21.5. The van der Waals surface area contributed by atoms with Crippen molar-refractivity contribution >= 4 is 41.3 Å². The average Bonchev–Trinajstić information content (AvgIpc) is 2.84. The van der Waals surface area contributed by atoms with Gasteiger partial charge in [0.15, 0.2) is 0 Å². The van der Waals surface area contributed by atoms with Crippen molar-refractivity contribution in [2.24, 2.45) is 0 Å². The molecule has 8 heteroatoms. The van der Waals surface area contributed by atoms with Gasteiger partial charge in [-0.1, -0.05) is 0 Å². The second kappa shape index (κ2) is 8.84. The molecule has 0 N–H and O–H groups in total. The summed E-state index contributed by atoms with van der Waals surface area (Å²) in [7, 11) is -0.359. The molecular formula is C23H36BIN2O4. The number of nitrogens with zero attached hydrogens (tertiary/aromatic N) is 2. The third-order valence-corrected chi connectivity index (χ3v) is 7.07. The van der Waals surface area contributed by atoms with Crippen molar-refractivity contribution in [2.75, 3.05) is 26.2 Å². The van der Waals surface area contributed by atoms with Crippen LogP contribution < -0.4 is 5.46 Å². The van der Waals surface area contributed by atoms with Crippen LogP contribution in [0.1, 0.15) is 59.6 Å². The number of hydrogen-bond donors (Lipinski definition) is 0. The molecule has 0 aromatic heterocycles. The van der Waals surface area contributed by atoms with Crippen LogP contribution in [0.2, 0.25) is 0 Å². The predicted molar refractivity (Wildman–Crippen MR) is 133 cm³/mol. The number of halogens is 1. The van der Waals surface area contributed by atoms with E-state index in [-0.39, 0.29) is 24.4 Å². The standard InChI is InChI=1S/C23H36BIN2O4/c1-16-17(15-26-9-11-27(12-10-26)20(28)29-21(2,3)4)13-18(25)14-19(16)24-30-22(5,6)23(7,8)31-24/h13-14H,9-12,15H2,1-8H3. The second-order valence-corrected chi connectivity index (χ2v) is 11.9. The predicted octanol–water partition coefficient (Wildman–Crippen LogP) is 3.95. The van der Waals surface area contributed by atoms with Gasteiger partial charge in [0.1, 0.15) is 5.60 Å². The number of hydrogen-bond acceptors (Lipinski definition) is 5. The third-order valence-electron chi connectivity index (χ3n) is 6.45. The van der Waals surface area contributed by atoms with Gasteiger partial charge in [0.25, 0.3) is 0 Å². The topological polar surface area (TPSA) is 51.2 Å². The summed E-state index contributed by atoms with van der Waals surface area (Å²) in [6, 6.07) is 4.41. The average molecular weight is 542 g/mol. The van der Waals surface area contributed by atoms with Crippen LogP contribution in [-0.4, -0.2) is 66.0 Å². The zero-order valence-corrected chi connectivity index (χ0v) is 22.3. The number of benzene rings is 1. The quantitative estimate of drug-likeness (QED) is 0.428. The van der Waals surface area contributed by atoms with E-state index in [0.717, 1.165) is 25.1 Å². The highest BCUT2D eigenvalue weighted by atomic mass is 127. The summed E-state index contributed by atoms with van der Waals surface area (Å²) in [5.74, 6) is 0. The molecule has 0 atom stereocenters. The molecule has 2 saturated heterocycles. The van der Waals surface area contributed by atoms with Gasteiger partial charge in [-0.25, -0.2) is 4.79 Å². The highest BCUT2D eigenvalue weighted by molar-refractivity contribution is 14.1. The minimum atomic E-state index is -0.462. The van der Waals surface area contributed by atoms with Crippen molar-refractivity contribution in [2.45, 2.75) is 78.7 Å². The van der Waals surface area contributed by atoms with Crippen molar-refractivity contribution in [1.29, 1.82) is 0 Å². The molecule has 0 radical (unpaired) electrons. The first-order valence-corrected chi connectivity index (χ1v) is 12.1. The Labute approximate surface area is 201 Å². The second-order valence-electron chi connectivity index (χ2n) is 10.6. The molecule has 0 aliphatic carbocycles. The molecular weight excluding hydrogens is 506 g/mol. The van der Waals surface area contributed by atoms with Crippen LogP contribution in [0.5, 0.6) is 0 Å². The van der Waals surface area contributed by atoms with Crippen molar-refractivity contribution in [3.8, 4) is 0 Å². The fourth-order valence-electron chi connectivity index (χ4n) is 3.79. The molecule has 1 amide bonds. The molecule has 2 aliphatic rings. The molecule has 1 aromatic rings. The fourth-order valence-corrected chi connectivity index (χ4v) is 4.50. The summed E-state index contributed by atoms with van der Waals surface area (Å²) in [5.41, 5.74) is 2.42. The number of piperazine rings is 1. The van der Waals surface area contributed by atoms with Crippen LogP contribution in [0.4, 0.5) is 4.79 Å². The maximum atomic E-state index is 12.3. The largest absolute Gasteiger partial charge is 0.495 e. The van der Waals surface area contributed by atoms with E-state index in [1.165, 1.54) is 14.7 Å². The Balaban J connectivity index is 1.68. The zero-order chi connectivity index (χ0) is 23.2. The van der Waals surface area contributed by atoms with Crippen molar-refractivity contribution in [3.63, 3.8) is 0 Å². The molecule has 0 unspecified atom stereocenters. The number of ether oxygens (including phenoxy) is 1. The Bertz CT molecular complexity index is 814. The maximum Gasteiger partial charge on any atom is 0.495 e. The molecule has 6 nitrogen and oxygen atoms in total. The van der Waals surface area contributed by atoms with Crippen LogP contribution in [-0.2, 0) is 20.6 Å². The molecule has 172 valence electrons. The number of rotatable bonds is 3. The van der Waals surface area contributed by atoms with Crippen LogP contribution in [0.25, 0.3) is 0 Å². The number of carbonyl (C=O) groups is 1. The number of amides is 1. The van der Waals surface area contributed by atoms with Gasteiger partial charge in [0.05, 0.1) is 11.2 Å². The van der Waals surface area contributed by atoms with Crippen LogP contribution >= 0.6 is 22.6 Å². The van der Waals surface area contributed by atoms with E-state index < -0.39 is 5.60 Å². The van der Waals surface area contributed by atoms with Gasteiger partial charge in [-0.05, 0) is 107 Å². The van der Waals surface area contributed by atoms with E-state index in [1.807, 2.05) is 20.8 Å². The zero-order valence-electron chi connectivity index (χ0n) is 20.2. The first-order chi connectivity index (χ1) is 14.2. The van der Waals surface area contributed by atoms with E-state index in [9.17, 15) is 4.79 Å². The highest BCUT2D eigenvalue weighted by Crippen LogP contribution is 2.37. The lowest BCUT2D eigenvalue weighted by atomic mass is 9.75. The highest BCUT2D eigenvalue weighted by Gasteiger charge is 2.52. The smallest absolute Gasteiger partial charge is 0.444 e. The van der Waals surface area contributed by atoms with Crippen LogP contribution in [0.15, 0.2) is 12.1 Å². The Hall–Kier alpha value is -0.835. The van der Waals surface area contributed by atoms with Crippen LogP contribution in [0.3, 0.4) is 0 Å². The Kier molecular flexibility index (Phi) is 7.07. The lowest BCUT2D eigenvalue weighted by molar-refractivity contribution is 0.00578. The van der Waals surface area contributed by atoms with Gasteiger partial charge in [-0.3, -0.25) is 4.90 Å². The maximum absolute atomic E-state index is 12.3. The van der Waals surface area contributed by atoms with Gasteiger partial charge < -0.3 is 18.9 Å².